The van der Waals surface area contributed by atoms with Crippen molar-refractivity contribution in [2.75, 3.05) is 6.54 Å². The topological polar surface area (TPSA) is 35.2 Å². The van der Waals surface area contributed by atoms with Gasteiger partial charge in [-0.25, -0.2) is 0 Å². The normalized spacial score (nSPS) is 9.90. The summed E-state index contributed by atoms with van der Waals surface area (Å²) in [4.78, 5) is 0. The van der Waals surface area contributed by atoms with Crippen LogP contribution in [-0.2, 0) is 6.61 Å². The van der Waals surface area contributed by atoms with Gasteiger partial charge < -0.3 is 10.5 Å². The molecule has 0 fully saturated rings. The van der Waals surface area contributed by atoms with Crippen LogP contribution in [0.25, 0.3) is 0 Å². The Morgan fingerprint density at radius 2 is 1.71 bits per heavy atom. The first kappa shape index (κ1) is 15.2. The van der Waals surface area contributed by atoms with Gasteiger partial charge in [0.05, 0.1) is 6.54 Å². The van der Waals surface area contributed by atoms with E-state index in [1.807, 2.05) is 24.3 Å². The van der Waals surface area contributed by atoms with Gasteiger partial charge in [0, 0.05) is 11.1 Å². The number of hydrogen-bond acceptors (Lipinski definition) is 2. The summed E-state index contributed by atoms with van der Waals surface area (Å²) < 4.78 is 6.06. The number of hydrogen-bond donors (Lipinski definition) is 1. The minimum absolute atomic E-state index is 0.366. The predicted molar refractivity (Wildman–Crippen MR) is 87.4 cm³/mol. The third-order valence-electron chi connectivity index (χ3n) is 3.59. The maximum atomic E-state index is 6.06. The number of aryl methyl sites for hydroxylation is 2. The van der Waals surface area contributed by atoms with Gasteiger partial charge in [0.2, 0.25) is 0 Å². The molecule has 0 unspecified atom stereocenters. The predicted octanol–water partition coefficient (Wildman–Crippen LogP) is 3.50. The molecule has 0 aliphatic heterocycles. The lowest BCUT2D eigenvalue weighted by atomic mass is 10.0. The number of rotatable bonds is 3. The molecule has 2 N–H and O–H groups in total. The van der Waals surface area contributed by atoms with Gasteiger partial charge in [0.15, 0.2) is 0 Å². The Hall–Kier alpha value is -2.24. The van der Waals surface area contributed by atoms with Crippen molar-refractivity contribution in [2.45, 2.75) is 27.4 Å². The molecule has 0 saturated carbocycles. The van der Waals surface area contributed by atoms with Crippen molar-refractivity contribution in [2.24, 2.45) is 5.73 Å². The van der Waals surface area contributed by atoms with Gasteiger partial charge >= 0.3 is 0 Å². The Balaban J connectivity index is 2.23. The standard InChI is InChI=1S/C19H21NO/c1-14-10-11-15(2)19(16(14)3)21-13-18-8-5-4-7-17(18)9-6-12-20/h4-5,7-8,10-11H,12-13,20H2,1-3H3. The minimum atomic E-state index is 0.366. The zero-order chi connectivity index (χ0) is 15.2. The van der Waals surface area contributed by atoms with Crippen molar-refractivity contribution in [3.8, 4) is 17.6 Å². The molecule has 2 nitrogen and oxygen atoms in total. The van der Waals surface area contributed by atoms with E-state index in [1.54, 1.807) is 0 Å². The van der Waals surface area contributed by atoms with Crippen LogP contribution in [0.2, 0.25) is 0 Å². The SMILES string of the molecule is Cc1ccc(C)c(OCc2ccccc2C#CCN)c1C. The lowest BCUT2D eigenvalue weighted by Crippen LogP contribution is -2.02. The average molecular weight is 279 g/mol. The first-order chi connectivity index (χ1) is 10.1. The summed E-state index contributed by atoms with van der Waals surface area (Å²) in [5.41, 5.74) is 11.1. The molecule has 0 spiro atoms. The maximum absolute atomic E-state index is 6.06. The maximum Gasteiger partial charge on any atom is 0.125 e. The molecular weight excluding hydrogens is 258 g/mol. The molecule has 2 heteroatoms. The zero-order valence-electron chi connectivity index (χ0n) is 12.9. The van der Waals surface area contributed by atoms with E-state index in [0.717, 1.165) is 22.4 Å². The average Bonchev–Trinajstić information content (AvgIpc) is 2.50. The van der Waals surface area contributed by atoms with E-state index in [-0.39, 0.29) is 0 Å². The molecule has 2 aromatic carbocycles. The quantitative estimate of drug-likeness (QED) is 0.873. The zero-order valence-corrected chi connectivity index (χ0v) is 12.9. The molecular formula is C19H21NO. The summed E-state index contributed by atoms with van der Waals surface area (Å²) in [6, 6.07) is 12.2. The molecule has 0 saturated heterocycles. The Morgan fingerprint density at radius 1 is 1.00 bits per heavy atom. The molecule has 108 valence electrons. The fourth-order valence-electron chi connectivity index (χ4n) is 2.21. The molecule has 0 aliphatic carbocycles. The van der Waals surface area contributed by atoms with Gasteiger partial charge in [0.1, 0.15) is 12.4 Å². The smallest absolute Gasteiger partial charge is 0.125 e. The second-order valence-electron chi connectivity index (χ2n) is 5.11. The second kappa shape index (κ2) is 6.97. The van der Waals surface area contributed by atoms with Gasteiger partial charge in [-0.1, -0.05) is 42.2 Å². The highest BCUT2D eigenvalue weighted by Crippen LogP contribution is 2.26. The van der Waals surface area contributed by atoms with Crippen LogP contribution in [0.3, 0.4) is 0 Å². The summed E-state index contributed by atoms with van der Waals surface area (Å²) in [6.07, 6.45) is 0. The van der Waals surface area contributed by atoms with Crippen LogP contribution in [-0.4, -0.2) is 6.54 Å². The molecule has 2 aromatic rings. The monoisotopic (exact) mass is 279 g/mol. The summed E-state index contributed by atoms with van der Waals surface area (Å²) in [6.45, 7) is 7.15. The van der Waals surface area contributed by atoms with Crippen molar-refractivity contribution in [1.82, 2.24) is 0 Å². The van der Waals surface area contributed by atoms with Crippen molar-refractivity contribution < 1.29 is 4.74 Å². The van der Waals surface area contributed by atoms with E-state index in [9.17, 15) is 0 Å². The van der Waals surface area contributed by atoms with Crippen LogP contribution >= 0.6 is 0 Å². The van der Waals surface area contributed by atoms with E-state index in [1.165, 1.54) is 11.1 Å². The van der Waals surface area contributed by atoms with Crippen LogP contribution in [0.15, 0.2) is 36.4 Å². The van der Waals surface area contributed by atoms with Crippen LogP contribution in [0.5, 0.6) is 5.75 Å². The summed E-state index contributed by atoms with van der Waals surface area (Å²) in [5, 5.41) is 0. The van der Waals surface area contributed by atoms with E-state index in [4.69, 9.17) is 10.5 Å². The van der Waals surface area contributed by atoms with Gasteiger partial charge in [-0.15, -0.1) is 0 Å². The van der Waals surface area contributed by atoms with Crippen LogP contribution in [0.4, 0.5) is 0 Å². The third-order valence-corrected chi connectivity index (χ3v) is 3.59. The largest absolute Gasteiger partial charge is 0.488 e. The summed E-state index contributed by atoms with van der Waals surface area (Å²) >= 11 is 0. The number of ether oxygens (including phenoxy) is 1. The molecule has 2 rings (SSSR count). The second-order valence-corrected chi connectivity index (χ2v) is 5.11. The van der Waals surface area contributed by atoms with E-state index in [0.29, 0.717) is 13.2 Å². The van der Waals surface area contributed by atoms with Gasteiger partial charge in [0.25, 0.3) is 0 Å². The lowest BCUT2D eigenvalue weighted by Gasteiger charge is -2.14. The Labute approximate surface area is 126 Å². The van der Waals surface area contributed by atoms with E-state index < -0.39 is 0 Å². The van der Waals surface area contributed by atoms with Crippen LogP contribution in [0.1, 0.15) is 27.8 Å². The highest BCUT2D eigenvalue weighted by molar-refractivity contribution is 5.45. The highest BCUT2D eigenvalue weighted by Gasteiger charge is 2.07. The van der Waals surface area contributed by atoms with Crippen molar-refractivity contribution >= 4 is 0 Å². The first-order valence-electron chi connectivity index (χ1n) is 7.10. The Morgan fingerprint density at radius 3 is 2.48 bits per heavy atom. The van der Waals surface area contributed by atoms with Crippen molar-refractivity contribution in [1.29, 1.82) is 0 Å². The van der Waals surface area contributed by atoms with E-state index >= 15 is 0 Å². The first-order valence-corrected chi connectivity index (χ1v) is 7.10. The fourth-order valence-corrected chi connectivity index (χ4v) is 2.21. The summed E-state index contributed by atoms with van der Waals surface area (Å²) in [7, 11) is 0. The molecule has 0 amide bonds. The molecule has 0 aromatic heterocycles. The number of benzene rings is 2. The molecule has 0 radical (unpaired) electrons. The van der Waals surface area contributed by atoms with E-state index in [2.05, 4.69) is 44.7 Å². The molecule has 0 aliphatic rings. The molecule has 0 atom stereocenters. The third kappa shape index (κ3) is 3.65. The van der Waals surface area contributed by atoms with Gasteiger partial charge in [-0.3, -0.25) is 0 Å². The van der Waals surface area contributed by atoms with Gasteiger partial charge in [-0.2, -0.15) is 0 Å². The van der Waals surface area contributed by atoms with Crippen molar-refractivity contribution in [3.05, 3.63) is 64.2 Å². The molecule has 0 bridgehead atoms. The molecule has 0 heterocycles. The molecule has 21 heavy (non-hydrogen) atoms. The minimum Gasteiger partial charge on any atom is -0.488 e. The number of nitrogens with two attached hydrogens (primary N) is 1. The highest BCUT2D eigenvalue weighted by atomic mass is 16.5. The summed E-state index contributed by atoms with van der Waals surface area (Å²) in [5.74, 6) is 6.96. The lowest BCUT2D eigenvalue weighted by molar-refractivity contribution is 0.301. The van der Waals surface area contributed by atoms with Crippen molar-refractivity contribution in [3.63, 3.8) is 0 Å². The van der Waals surface area contributed by atoms with Gasteiger partial charge in [-0.05, 0) is 43.5 Å². The Kier molecular flexibility index (Phi) is 5.03. The van der Waals surface area contributed by atoms with Crippen LogP contribution in [0, 0.1) is 32.6 Å². The Bertz CT molecular complexity index is 692. The van der Waals surface area contributed by atoms with Crippen LogP contribution < -0.4 is 10.5 Å². The fraction of sp³-hybridized carbons (Fsp3) is 0.263.